The fourth-order valence-electron chi connectivity index (χ4n) is 2.00. The molecule has 1 rings (SSSR count). The van der Waals surface area contributed by atoms with Crippen LogP contribution < -0.4 is 5.32 Å². The van der Waals surface area contributed by atoms with E-state index in [1.54, 1.807) is 6.92 Å². The van der Waals surface area contributed by atoms with Gasteiger partial charge in [0, 0.05) is 19.1 Å². The maximum atomic E-state index is 13.6. The molecule has 0 saturated heterocycles. The molecule has 8 heteroatoms. The Morgan fingerprint density at radius 1 is 1.45 bits per heavy atom. The summed E-state index contributed by atoms with van der Waals surface area (Å²) in [6.45, 7) is 3.85. The molecule has 0 bridgehead atoms. The molecule has 0 spiro atoms. The first-order chi connectivity index (χ1) is 10.2. The van der Waals surface area contributed by atoms with Crippen molar-refractivity contribution >= 4 is 27.5 Å². The predicted octanol–water partition coefficient (Wildman–Crippen LogP) is 2.27. The molecule has 5 nitrogen and oxygen atoms in total. The highest BCUT2D eigenvalue weighted by Gasteiger charge is 2.22. The summed E-state index contributed by atoms with van der Waals surface area (Å²) in [5, 5.41) is 2.51. The molecule has 0 aliphatic heterocycles. The summed E-state index contributed by atoms with van der Waals surface area (Å²) in [5.74, 6) is -1.38. The summed E-state index contributed by atoms with van der Waals surface area (Å²) in [7, 11) is -3.37. The lowest BCUT2D eigenvalue weighted by Crippen LogP contribution is -2.42. The molecule has 0 aliphatic carbocycles. The van der Waals surface area contributed by atoms with Crippen LogP contribution in [0.25, 0.3) is 0 Å². The van der Waals surface area contributed by atoms with E-state index in [4.69, 9.17) is 11.6 Å². The van der Waals surface area contributed by atoms with E-state index in [2.05, 4.69) is 5.32 Å². The van der Waals surface area contributed by atoms with Crippen LogP contribution in [0.1, 0.15) is 30.6 Å². The van der Waals surface area contributed by atoms with E-state index in [9.17, 15) is 17.6 Å². The largest absolute Gasteiger partial charge is 0.351 e. The first kappa shape index (κ1) is 18.9. The molecule has 124 valence electrons. The Bertz CT molecular complexity index is 617. The molecule has 0 fully saturated rings. The number of nitrogens with one attached hydrogen (secondary N) is 1. The molecule has 0 aliphatic rings. The van der Waals surface area contributed by atoms with Crippen LogP contribution in [-0.2, 0) is 10.0 Å². The van der Waals surface area contributed by atoms with E-state index < -0.39 is 21.7 Å². The Labute approximate surface area is 135 Å². The van der Waals surface area contributed by atoms with Gasteiger partial charge in [-0.3, -0.25) is 4.79 Å². The number of rotatable bonds is 7. The van der Waals surface area contributed by atoms with Gasteiger partial charge in [0.05, 0.1) is 16.8 Å². The van der Waals surface area contributed by atoms with E-state index in [-0.39, 0.29) is 29.7 Å². The average Bonchev–Trinajstić information content (AvgIpc) is 2.41. The maximum absolute atomic E-state index is 13.6. The number of hydrogen-bond acceptors (Lipinski definition) is 3. The van der Waals surface area contributed by atoms with Crippen molar-refractivity contribution in [2.45, 2.75) is 26.3 Å². The van der Waals surface area contributed by atoms with E-state index in [0.717, 1.165) is 12.3 Å². The number of sulfonamides is 1. The molecule has 1 atom stereocenters. The van der Waals surface area contributed by atoms with Gasteiger partial charge < -0.3 is 5.32 Å². The van der Waals surface area contributed by atoms with Gasteiger partial charge in [-0.2, -0.15) is 4.31 Å². The van der Waals surface area contributed by atoms with Crippen molar-refractivity contribution in [3.05, 3.63) is 34.6 Å². The lowest BCUT2D eigenvalue weighted by Gasteiger charge is -2.26. The normalized spacial score (nSPS) is 13.2. The standard InChI is InChI=1S/C14H20ClFN2O3S/c1-4-10(2)18(22(3,20)21)9-8-17-14(19)13-11(15)6-5-7-12(13)16/h5-7,10H,4,8-9H2,1-3H3,(H,17,19). The molecule has 1 N–H and O–H groups in total. The molecule has 0 heterocycles. The van der Waals surface area contributed by atoms with Gasteiger partial charge in [0.15, 0.2) is 0 Å². The van der Waals surface area contributed by atoms with E-state index in [1.165, 1.54) is 16.4 Å². The van der Waals surface area contributed by atoms with Gasteiger partial charge in [0.1, 0.15) is 5.82 Å². The topological polar surface area (TPSA) is 66.5 Å². The first-order valence-corrected chi connectivity index (χ1v) is 9.10. The number of halogens is 2. The second-order valence-corrected chi connectivity index (χ2v) is 7.33. The van der Waals surface area contributed by atoms with Gasteiger partial charge in [-0.05, 0) is 25.5 Å². The van der Waals surface area contributed by atoms with E-state index in [0.29, 0.717) is 6.42 Å². The third kappa shape index (κ3) is 4.93. The summed E-state index contributed by atoms with van der Waals surface area (Å²) in [6.07, 6.45) is 1.77. The third-order valence-corrected chi connectivity index (χ3v) is 5.03. The van der Waals surface area contributed by atoms with Crippen LogP contribution in [0.4, 0.5) is 4.39 Å². The Morgan fingerprint density at radius 2 is 2.09 bits per heavy atom. The lowest BCUT2D eigenvalue weighted by molar-refractivity contribution is 0.0946. The van der Waals surface area contributed by atoms with Crippen molar-refractivity contribution in [3.8, 4) is 0 Å². The number of amides is 1. The molecule has 1 aromatic rings. The van der Waals surface area contributed by atoms with Crippen molar-refractivity contribution in [1.82, 2.24) is 9.62 Å². The van der Waals surface area contributed by atoms with Crippen LogP contribution in [0.5, 0.6) is 0 Å². The summed E-state index contributed by atoms with van der Waals surface area (Å²) in [4.78, 5) is 12.0. The molecule has 1 aromatic carbocycles. The molecular weight excluding hydrogens is 331 g/mol. The molecule has 0 aromatic heterocycles. The molecule has 1 amide bonds. The minimum atomic E-state index is -3.37. The molecule has 0 saturated carbocycles. The van der Waals surface area contributed by atoms with Gasteiger partial charge in [0.2, 0.25) is 10.0 Å². The maximum Gasteiger partial charge on any atom is 0.255 e. The zero-order chi connectivity index (χ0) is 16.9. The highest BCUT2D eigenvalue weighted by atomic mass is 35.5. The predicted molar refractivity (Wildman–Crippen MR) is 85.0 cm³/mol. The number of hydrogen-bond donors (Lipinski definition) is 1. The fourth-order valence-corrected chi connectivity index (χ4v) is 3.47. The number of carbonyl (C=O) groups is 1. The Kier molecular flexibility index (Phi) is 6.77. The summed E-state index contributed by atoms with van der Waals surface area (Å²) >= 11 is 5.80. The Hall–Kier alpha value is -1.18. The smallest absolute Gasteiger partial charge is 0.255 e. The van der Waals surface area contributed by atoms with Crippen LogP contribution in [0.3, 0.4) is 0 Å². The number of carbonyl (C=O) groups excluding carboxylic acids is 1. The lowest BCUT2D eigenvalue weighted by atomic mass is 10.2. The van der Waals surface area contributed by atoms with Crippen LogP contribution in [0.15, 0.2) is 18.2 Å². The monoisotopic (exact) mass is 350 g/mol. The third-order valence-electron chi connectivity index (χ3n) is 3.32. The van der Waals surface area contributed by atoms with Gasteiger partial charge in [-0.1, -0.05) is 24.6 Å². The fraction of sp³-hybridized carbons (Fsp3) is 0.500. The van der Waals surface area contributed by atoms with Gasteiger partial charge in [0.25, 0.3) is 5.91 Å². The minimum absolute atomic E-state index is 0.0133. The van der Waals surface area contributed by atoms with Crippen molar-refractivity contribution in [2.75, 3.05) is 19.3 Å². The van der Waals surface area contributed by atoms with Crippen molar-refractivity contribution < 1.29 is 17.6 Å². The Morgan fingerprint density at radius 3 is 2.59 bits per heavy atom. The average molecular weight is 351 g/mol. The van der Waals surface area contributed by atoms with E-state index >= 15 is 0 Å². The number of nitrogens with zero attached hydrogens (tertiary/aromatic N) is 1. The molecular formula is C14H20ClFN2O3S. The summed E-state index contributed by atoms with van der Waals surface area (Å²) in [6, 6.07) is 3.79. The van der Waals surface area contributed by atoms with Crippen molar-refractivity contribution in [3.63, 3.8) is 0 Å². The summed E-state index contributed by atoms with van der Waals surface area (Å²) in [5.41, 5.74) is -0.237. The first-order valence-electron chi connectivity index (χ1n) is 6.87. The van der Waals surface area contributed by atoms with E-state index in [1.807, 2.05) is 6.92 Å². The van der Waals surface area contributed by atoms with Gasteiger partial charge in [-0.15, -0.1) is 0 Å². The molecule has 1 unspecified atom stereocenters. The quantitative estimate of drug-likeness (QED) is 0.820. The second kappa shape index (κ2) is 7.89. The van der Waals surface area contributed by atoms with Gasteiger partial charge >= 0.3 is 0 Å². The van der Waals surface area contributed by atoms with Gasteiger partial charge in [-0.25, -0.2) is 12.8 Å². The highest BCUT2D eigenvalue weighted by molar-refractivity contribution is 7.88. The number of benzene rings is 1. The second-order valence-electron chi connectivity index (χ2n) is 4.98. The SMILES string of the molecule is CCC(C)N(CCNC(=O)c1c(F)cccc1Cl)S(C)(=O)=O. The van der Waals surface area contributed by atoms with Crippen molar-refractivity contribution in [2.24, 2.45) is 0 Å². The zero-order valence-electron chi connectivity index (χ0n) is 12.8. The summed E-state index contributed by atoms with van der Waals surface area (Å²) < 4.78 is 38.3. The van der Waals surface area contributed by atoms with Crippen LogP contribution >= 0.6 is 11.6 Å². The van der Waals surface area contributed by atoms with Crippen LogP contribution in [0.2, 0.25) is 5.02 Å². The van der Waals surface area contributed by atoms with Crippen molar-refractivity contribution in [1.29, 1.82) is 0 Å². The Balaban J connectivity index is 2.72. The zero-order valence-corrected chi connectivity index (χ0v) is 14.3. The highest BCUT2D eigenvalue weighted by Crippen LogP contribution is 2.18. The molecule has 22 heavy (non-hydrogen) atoms. The van der Waals surface area contributed by atoms with Crippen LogP contribution in [-0.4, -0.2) is 44.0 Å². The molecule has 0 radical (unpaired) electrons. The van der Waals surface area contributed by atoms with Crippen LogP contribution in [0, 0.1) is 5.82 Å². The minimum Gasteiger partial charge on any atom is -0.351 e.